The molecule has 1 aliphatic heterocycles. The summed E-state index contributed by atoms with van der Waals surface area (Å²) in [5, 5.41) is 12.7. The molecule has 6 nitrogen and oxygen atoms in total. The van der Waals surface area contributed by atoms with Crippen LogP contribution < -0.4 is 16.4 Å². The van der Waals surface area contributed by atoms with Crippen LogP contribution in [-0.4, -0.2) is 22.3 Å². The average Bonchev–Trinajstić information content (AvgIpc) is 3.37. The van der Waals surface area contributed by atoms with Crippen LogP contribution in [0, 0.1) is 0 Å². The molecule has 1 aliphatic carbocycles. The van der Waals surface area contributed by atoms with Gasteiger partial charge in [-0.15, -0.1) is 0 Å². The summed E-state index contributed by atoms with van der Waals surface area (Å²) >= 11 is 0. The molecule has 2 unspecified atom stereocenters. The zero-order valence-corrected chi connectivity index (χ0v) is 15.2. The molecule has 0 saturated heterocycles. The minimum Gasteiger partial charge on any atom is -0.350 e. The van der Waals surface area contributed by atoms with Gasteiger partial charge in [0.1, 0.15) is 0 Å². The summed E-state index contributed by atoms with van der Waals surface area (Å²) in [6, 6.07) is 10.9. The van der Waals surface area contributed by atoms with Crippen LogP contribution in [0.4, 0.5) is 13.2 Å². The monoisotopic (exact) mass is 390 g/mol. The number of alkyl halides is 3. The van der Waals surface area contributed by atoms with Crippen LogP contribution >= 0.6 is 0 Å². The van der Waals surface area contributed by atoms with E-state index in [9.17, 15) is 13.2 Å². The largest absolute Gasteiger partial charge is 0.418 e. The lowest BCUT2D eigenvalue weighted by atomic mass is 9.95. The third-order valence-corrected chi connectivity index (χ3v) is 5.04. The Morgan fingerprint density at radius 2 is 1.96 bits per heavy atom. The van der Waals surface area contributed by atoms with Crippen LogP contribution in [-0.2, 0) is 5.66 Å². The normalized spacial score (nSPS) is 23.5. The second-order valence-electron chi connectivity index (χ2n) is 7.21. The summed E-state index contributed by atoms with van der Waals surface area (Å²) in [4.78, 5) is 3.92. The van der Waals surface area contributed by atoms with E-state index in [-0.39, 0.29) is 17.7 Å². The number of halogens is 3. The van der Waals surface area contributed by atoms with E-state index in [0.29, 0.717) is 5.92 Å². The molecule has 0 spiro atoms. The number of hydrogen-bond acceptors (Lipinski definition) is 5. The fourth-order valence-corrected chi connectivity index (χ4v) is 3.26. The van der Waals surface area contributed by atoms with Gasteiger partial charge < -0.3 is 10.6 Å². The number of guanidine groups is 1. The Morgan fingerprint density at radius 3 is 2.61 bits per heavy atom. The van der Waals surface area contributed by atoms with Crippen LogP contribution in [0.2, 0.25) is 0 Å². The number of aromatic nitrogens is 2. The van der Waals surface area contributed by atoms with Crippen LogP contribution in [0.25, 0.3) is 0 Å². The van der Waals surface area contributed by atoms with Crippen molar-refractivity contribution in [3.63, 3.8) is 0 Å². The third-order valence-electron chi connectivity index (χ3n) is 5.04. The lowest BCUT2D eigenvalue weighted by Gasteiger charge is -2.36. The van der Waals surface area contributed by atoms with Gasteiger partial charge >= 0.3 is 6.18 Å². The summed E-state index contributed by atoms with van der Waals surface area (Å²) in [6.07, 6.45) is -1.90. The van der Waals surface area contributed by atoms with Gasteiger partial charge in [0.25, 0.3) is 0 Å². The standard InChI is InChI=1S/C19H21F3N6/c1-11(12-5-3-2-4-6-12)25-17-24-10-15(19(20,21)22)18(23,26-17)16-9-14(27-28-16)13-7-8-13/h2-6,9-11,13H,7-8,23H2,1H3,(H,27,28)(H2,24,25,26). The van der Waals surface area contributed by atoms with Gasteiger partial charge in [0, 0.05) is 12.1 Å². The highest BCUT2D eigenvalue weighted by molar-refractivity contribution is 5.83. The van der Waals surface area contributed by atoms with Crippen molar-refractivity contribution >= 4 is 5.96 Å². The van der Waals surface area contributed by atoms with E-state index < -0.39 is 17.4 Å². The van der Waals surface area contributed by atoms with E-state index >= 15 is 0 Å². The molecule has 1 aromatic carbocycles. The second kappa shape index (κ2) is 6.66. The topological polar surface area (TPSA) is 91.1 Å². The molecule has 9 heteroatoms. The Labute approximate surface area is 160 Å². The van der Waals surface area contributed by atoms with E-state index in [1.807, 2.05) is 37.3 Å². The summed E-state index contributed by atoms with van der Waals surface area (Å²) < 4.78 is 40.9. The van der Waals surface area contributed by atoms with Gasteiger partial charge in [0.2, 0.25) is 0 Å². The summed E-state index contributed by atoms with van der Waals surface area (Å²) in [6.45, 7) is 1.89. The van der Waals surface area contributed by atoms with E-state index in [4.69, 9.17) is 5.73 Å². The van der Waals surface area contributed by atoms with Crippen LogP contribution in [0.15, 0.2) is 53.2 Å². The lowest BCUT2D eigenvalue weighted by molar-refractivity contribution is -0.103. The van der Waals surface area contributed by atoms with Gasteiger partial charge in [-0.3, -0.25) is 10.8 Å². The first kappa shape index (κ1) is 18.5. The highest BCUT2D eigenvalue weighted by atomic mass is 19.4. The van der Waals surface area contributed by atoms with Gasteiger partial charge in [0.05, 0.1) is 23.0 Å². The zero-order valence-electron chi connectivity index (χ0n) is 15.2. The molecule has 2 aromatic rings. The van der Waals surface area contributed by atoms with Crippen molar-refractivity contribution in [2.45, 2.75) is 43.6 Å². The maximum atomic E-state index is 13.6. The predicted octanol–water partition coefficient (Wildman–Crippen LogP) is 3.15. The molecular weight excluding hydrogens is 369 g/mol. The quantitative estimate of drug-likeness (QED) is 0.646. The molecule has 1 aromatic heterocycles. The number of hydrogen-bond donors (Lipinski definition) is 4. The van der Waals surface area contributed by atoms with Crippen molar-refractivity contribution in [2.24, 2.45) is 10.7 Å². The smallest absolute Gasteiger partial charge is 0.350 e. The number of aliphatic imine (C=N–C) groups is 1. The van der Waals surface area contributed by atoms with Gasteiger partial charge in [-0.1, -0.05) is 30.3 Å². The molecule has 1 saturated carbocycles. The molecule has 0 radical (unpaired) electrons. The van der Waals surface area contributed by atoms with Crippen LogP contribution in [0.3, 0.4) is 0 Å². The van der Waals surface area contributed by atoms with Gasteiger partial charge in [-0.05, 0) is 31.4 Å². The number of nitrogens with one attached hydrogen (secondary N) is 3. The first-order chi connectivity index (χ1) is 13.3. The van der Waals surface area contributed by atoms with Crippen LogP contribution in [0.5, 0.6) is 0 Å². The van der Waals surface area contributed by atoms with Crippen molar-refractivity contribution in [1.29, 1.82) is 0 Å². The van der Waals surface area contributed by atoms with E-state index in [1.165, 1.54) is 0 Å². The molecule has 0 amide bonds. The van der Waals surface area contributed by atoms with Crippen molar-refractivity contribution in [2.75, 3.05) is 0 Å². The Balaban J connectivity index is 1.63. The molecular formula is C19H21F3N6. The molecule has 2 aliphatic rings. The minimum absolute atomic E-state index is 0.152. The number of rotatable bonds is 4. The Morgan fingerprint density at radius 1 is 1.25 bits per heavy atom. The Hall–Kier alpha value is -2.81. The third kappa shape index (κ3) is 3.49. The molecule has 4 rings (SSSR count). The van der Waals surface area contributed by atoms with Crippen molar-refractivity contribution < 1.29 is 13.2 Å². The van der Waals surface area contributed by atoms with E-state index in [2.05, 4.69) is 25.8 Å². The summed E-state index contributed by atoms with van der Waals surface area (Å²) in [5.41, 5.74) is 5.12. The number of nitrogens with two attached hydrogens (primary N) is 1. The predicted molar refractivity (Wildman–Crippen MR) is 99.1 cm³/mol. The molecule has 0 bridgehead atoms. The summed E-state index contributed by atoms with van der Waals surface area (Å²) in [5.74, 6) is 0.453. The molecule has 148 valence electrons. The van der Waals surface area contributed by atoms with Crippen LogP contribution in [0.1, 0.15) is 48.7 Å². The Bertz CT molecular complexity index is 913. The van der Waals surface area contributed by atoms with Gasteiger partial charge in [0.15, 0.2) is 11.6 Å². The fourth-order valence-electron chi connectivity index (χ4n) is 3.26. The Kier molecular flexibility index (Phi) is 4.41. The van der Waals surface area contributed by atoms with Gasteiger partial charge in [-0.2, -0.15) is 18.3 Å². The second-order valence-corrected chi connectivity index (χ2v) is 7.21. The molecule has 2 heterocycles. The SMILES string of the molecule is CC(NC1=NC=C(C(F)(F)F)C(N)(c2cc(C3CC3)n[nH]2)N1)c1ccccc1. The zero-order chi connectivity index (χ0) is 19.9. The molecule has 1 fully saturated rings. The van der Waals surface area contributed by atoms with E-state index in [0.717, 1.165) is 30.3 Å². The molecule has 2 atom stereocenters. The van der Waals surface area contributed by atoms with Crippen molar-refractivity contribution in [1.82, 2.24) is 20.8 Å². The first-order valence-electron chi connectivity index (χ1n) is 9.07. The summed E-state index contributed by atoms with van der Waals surface area (Å²) in [7, 11) is 0. The maximum Gasteiger partial charge on any atom is 0.418 e. The highest BCUT2D eigenvalue weighted by Gasteiger charge is 2.51. The maximum absolute atomic E-state index is 13.6. The highest BCUT2D eigenvalue weighted by Crippen LogP contribution is 2.42. The average molecular weight is 390 g/mol. The lowest BCUT2D eigenvalue weighted by Crippen LogP contribution is -2.61. The van der Waals surface area contributed by atoms with Gasteiger partial charge in [-0.25, -0.2) is 4.99 Å². The minimum atomic E-state index is -4.65. The molecule has 28 heavy (non-hydrogen) atoms. The van der Waals surface area contributed by atoms with Crippen molar-refractivity contribution in [3.8, 4) is 0 Å². The number of nitrogens with zero attached hydrogens (tertiary/aromatic N) is 2. The van der Waals surface area contributed by atoms with E-state index in [1.54, 1.807) is 6.07 Å². The first-order valence-corrected chi connectivity index (χ1v) is 9.07. The van der Waals surface area contributed by atoms with Crippen molar-refractivity contribution in [3.05, 3.63) is 65.1 Å². The molecule has 5 N–H and O–H groups in total. The fraction of sp³-hybridized carbons (Fsp3) is 0.368. The number of H-pyrrole nitrogens is 1. The number of benzene rings is 1. The number of aromatic amines is 1.